The summed E-state index contributed by atoms with van der Waals surface area (Å²) in [4.78, 5) is 4.72. The molecule has 1 fully saturated rings. The third-order valence-electron chi connectivity index (χ3n) is 5.34. The maximum absolute atomic E-state index is 12.6. The average Bonchev–Trinajstić information content (AvgIpc) is 3.20. The van der Waals surface area contributed by atoms with Crippen molar-refractivity contribution < 1.29 is 27.1 Å². The van der Waals surface area contributed by atoms with Gasteiger partial charge in [-0.05, 0) is 55.0 Å². The number of pyridine rings is 1. The SMILES string of the molecule is Cc1cc(-c2nnc(NC3CCOCC3)o2)nc2c(C(C)C)cc(OCC(F)(F)F)cc12. The molecule has 0 atom stereocenters. The standard InChI is InChI=1S/C22H25F3N4O3/c1-12(2)16-9-15(31-11-22(23,24)25)10-17-13(3)8-18(27-19(16)17)20-28-29-21(32-20)26-14-4-6-30-7-5-14/h8-10,12,14H,4-7,11H2,1-3H3,(H,26,29). The number of hydrogen-bond donors (Lipinski definition) is 1. The van der Waals surface area contributed by atoms with Gasteiger partial charge in [0, 0.05) is 24.6 Å². The summed E-state index contributed by atoms with van der Waals surface area (Å²) in [6.07, 6.45) is -2.68. The number of nitrogens with one attached hydrogen (secondary N) is 1. The first kappa shape index (κ1) is 22.3. The third kappa shape index (κ3) is 5.12. The smallest absolute Gasteiger partial charge is 0.422 e. The van der Waals surface area contributed by atoms with Crippen LogP contribution in [0.2, 0.25) is 0 Å². The van der Waals surface area contributed by atoms with Crippen molar-refractivity contribution in [3.05, 3.63) is 29.3 Å². The van der Waals surface area contributed by atoms with E-state index in [0.29, 0.717) is 30.4 Å². The van der Waals surface area contributed by atoms with Crippen molar-refractivity contribution in [1.29, 1.82) is 0 Å². The number of aryl methyl sites for hydroxylation is 1. The van der Waals surface area contributed by atoms with Crippen LogP contribution in [0.15, 0.2) is 22.6 Å². The molecule has 0 saturated carbocycles. The highest BCUT2D eigenvalue weighted by Crippen LogP contribution is 2.34. The van der Waals surface area contributed by atoms with Gasteiger partial charge in [-0.3, -0.25) is 0 Å². The molecule has 0 spiro atoms. The van der Waals surface area contributed by atoms with Gasteiger partial charge in [0.05, 0.1) is 5.52 Å². The van der Waals surface area contributed by atoms with Gasteiger partial charge < -0.3 is 19.2 Å². The molecule has 0 radical (unpaired) electrons. The molecular formula is C22H25F3N4O3. The largest absolute Gasteiger partial charge is 0.484 e. The van der Waals surface area contributed by atoms with E-state index >= 15 is 0 Å². The predicted octanol–water partition coefficient (Wildman–Crippen LogP) is 5.25. The molecule has 0 unspecified atom stereocenters. The fraction of sp³-hybridized carbons (Fsp3) is 0.500. The molecule has 4 rings (SSSR count). The summed E-state index contributed by atoms with van der Waals surface area (Å²) in [6, 6.07) is 5.52. The molecule has 3 aromatic rings. The van der Waals surface area contributed by atoms with Crippen LogP contribution in [0.4, 0.5) is 19.2 Å². The second kappa shape index (κ2) is 8.93. The van der Waals surface area contributed by atoms with Gasteiger partial charge in [0.25, 0.3) is 5.89 Å². The van der Waals surface area contributed by atoms with E-state index in [4.69, 9.17) is 18.9 Å². The number of fused-ring (bicyclic) bond motifs is 1. The number of rotatable bonds is 6. The number of hydrogen-bond acceptors (Lipinski definition) is 7. The predicted molar refractivity (Wildman–Crippen MR) is 113 cm³/mol. The van der Waals surface area contributed by atoms with Crippen molar-refractivity contribution in [2.24, 2.45) is 0 Å². The summed E-state index contributed by atoms with van der Waals surface area (Å²) in [5.74, 6) is 0.455. The zero-order valence-electron chi connectivity index (χ0n) is 18.1. The lowest BCUT2D eigenvalue weighted by molar-refractivity contribution is -0.153. The van der Waals surface area contributed by atoms with Crippen LogP contribution in [0.5, 0.6) is 5.75 Å². The van der Waals surface area contributed by atoms with E-state index in [1.54, 1.807) is 18.2 Å². The number of halogens is 3. The Morgan fingerprint density at radius 3 is 2.59 bits per heavy atom. The summed E-state index contributed by atoms with van der Waals surface area (Å²) >= 11 is 0. The van der Waals surface area contributed by atoms with Crippen LogP contribution < -0.4 is 10.1 Å². The van der Waals surface area contributed by atoms with Gasteiger partial charge in [0.1, 0.15) is 11.4 Å². The fourth-order valence-corrected chi connectivity index (χ4v) is 3.69. The van der Waals surface area contributed by atoms with Crippen LogP contribution in [0.1, 0.15) is 43.7 Å². The molecule has 1 aromatic carbocycles. The molecule has 1 aliphatic rings. The molecule has 3 heterocycles. The first-order valence-electron chi connectivity index (χ1n) is 10.5. The molecule has 1 N–H and O–H groups in total. The average molecular weight is 450 g/mol. The lowest BCUT2D eigenvalue weighted by Gasteiger charge is -2.21. The van der Waals surface area contributed by atoms with E-state index in [1.165, 1.54) is 0 Å². The quantitative estimate of drug-likeness (QED) is 0.549. The highest BCUT2D eigenvalue weighted by molar-refractivity contribution is 5.88. The van der Waals surface area contributed by atoms with Crippen molar-refractivity contribution in [3.8, 4) is 17.3 Å². The summed E-state index contributed by atoms with van der Waals surface area (Å²) in [5.41, 5.74) is 2.78. The molecule has 1 saturated heterocycles. The van der Waals surface area contributed by atoms with Crippen molar-refractivity contribution in [3.63, 3.8) is 0 Å². The zero-order chi connectivity index (χ0) is 22.9. The lowest BCUT2D eigenvalue weighted by atomic mass is 9.97. The number of benzene rings is 1. The Hall–Kier alpha value is -2.88. The van der Waals surface area contributed by atoms with E-state index in [1.807, 2.05) is 20.8 Å². The fourth-order valence-electron chi connectivity index (χ4n) is 3.69. The van der Waals surface area contributed by atoms with Crippen LogP contribution in [0.3, 0.4) is 0 Å². The second-order valence-electron chi connectivity index (χ2n) is 8.23. The molecule has 7 nitrogen and oxygen atoms in total. The van der Waals surface area contributed by atoms with E-state index < -0.39 is 12.8 Å². The first-order valence-corrected chi connectivity index (χ1v) is 10.5. The molecule has 1 aliphatic heterocycles. The van der Waals surface area contributed by atoms with Gasteiger partial charge >= 0.3 is 12.2 Å². The second-order valence-corrected chi connectivity index (χ2v) is 8.23. The van der Waals surface area contributed by atoms with Crippen molar-refractivity contribution >= 4 is 16.9 Å². The number of alkyl halides is 3. The van der Waals surface area contributed by atoms with Crippen LogP contribution in [-0.2, 0) is 4.74 Å². The van der Waals surface area contributed by atoms with E-state index in [-0.39, 0.29) is 23.6 Å². The van der Waals surface area contributed by atoms with Gasteiger partial charge in [-0.2, -0.15) is 13.2 Å². The van der Waals surface area contributed by atoms with Crippen LogP contribution in [0, 0.1) is 6.92 Å². The normalized spacial score (nSPS) is 15.5. The Morgan fingerprint density at radius 1 is 1.16 bits per heavy atom. The monoisotopic (exact) mass is 450 g/mol. The van der Waals surface area contributed by atoms with E-state index in [2.05, 4.69) is 15.5 Å². The molecule has 0 amide bonds. The summed E-state index contributed by atoms with van der Waals surface area (Å²) in [6.45, 7) is 5.81. The van der Waals surface area contributed by atoms with Crippen LogP contribution in [0.25, 0.3) is 22.5 Å². The number of anilines is 1. The Bertz CT molecular complexity index is 1090. The van der Waals surface area contributed by atoms with Gasteiger partial charge in [-0.25, -0.2) is 4.98 Å². The molecule has 172 valence electrons. The Balaban J connectivity index is 1.66. The zero-order valence-corrected chi connectivity index (χ0v) is 18.1. The Morgan fingerprint density at radius 2 is 1.91 bits per heavy atom. The van der Waals surface area contributed by atoms with Crippen molar-refractivity contribution in [2.45, 2.75) is 51.7 Å². The maximum atomic E-state index is 12.6. The number of ether oxygens (including phenoxy) is 2. The number of aromatic nitrogens is 3. The highest BCUT2D eigenvalue weighted by atomic mass is 19.4. The van der Waals surface area contributed by atoms with Crippen LogP contribution in [-0.4, -0.2) is 47.2 Å². The van der Waals surface area contributed by atoms with Crippen LogP contribution >= 0.6 is 0 Å². The minimum atomic E-state index is -4.40. The van der Waals surface area contributed by atoms with E-state index in [0.717, 1.165) is 29.4 Å². The van der Waals surface area contributed by atoms with Gasteiger partial charge in [-0.15, -0.1) is 5.10 Å². The number of nitrogens with zero attached hydrogens (tertiary/aromatic N) is 3. The maximum Gasteiger partial charge on any atom is 0.422 e. The minimum Gasteiger partial charge on any atom is -0.484 e. The Kier molecular flexibility index (Phi) is 6.23. The third-order valence-corrected chi connectivity index (χ3v) is 5.34. The van der Waals surface area contributed by atoms with Gasteiger partial charge in [-0.1, -0.05) is 18.9 Å². The van der Waals surface area contributed by atoms with E-state index in [9.17, 15) is 13.2 Å². The van der Waals surface area contributed by atoms with Crippen molar-refractivity contribution in [1.82, 2.24) is 15.2 Å². The molecular weight excluding hydrogens is 425 g/mol. The van der Waals surface area contributed by atoms with Crippen molar-refractivity contribution in [2.75, 3.05) is 25.1 Å². The minimum absolute atomic E-state index is 0.0162. The van der Waals surface area contributed by atoms with Gasteiger partial charge in [0.2, 0.25) is 0 Å². The lowest BCUT2D eigenvalue weighted by Crippen LogP contribution is -2.27. The topological polar surface area (TPSA) is 82.3 Å². The molecule has 2 aromatic heterocycles. The van der Waals surface area contributed by atoms with Gasteiger partial charge in [0.15, 0.2) is 6.61 Å². The Labute approximate surface area is 183 Å². The molecule has 10 heteroatoms. The summed E-state index contributed by atoms with van der Waals surface area (Å²) in [7, 11) is 0. The molecule has 32 heavy (non-hydrogen) atoms. The molecule has 0 bridgehead atoms. The first-order chi connectivity index (χ1) is 15.2. The molecule has 0 aliphatic carbocycles. The summed E-state index contributed by atoms with van der Waals surface area (Å²) in [5, 5.41) is 12.2. The highest BCUT2D eigenvalue weighted by Gasteiger charge is 2.29. The summed E-state index contributed by atoms with van der Waals surface area (Å²) < 4.78 is 54.0.